The molecule has 0 heterocycles. The number of rotatable bonds is 6. The average molecular weight is 279 g/mol. The van der Waals surface area contributed by atoms with Crippen LogP contribution in [0.4, 0.5) is 4.39 Å². The second kappa shape index (κ2) is 8.09. The van der Waals surface area contributed by atoms with E-state index >= 15 is 0 Å². The summed E-state index contributed by atoms with van der Waals surface area (Å²) in [5, 5.41) is 2.66. The summed E-state index contributed by atoms with van der Waals surface area (Å²) in [5.74, 6) is -1.19. The van der Waals surface area contributed by atoms with E-state index in [0.717, 1.165) is 5.56 Å². The number of allylic oxidation sites excluding steroid dienone is 1. The van der Waals surface area contributed by atoms with E-state index in [4.69, 9.17) is 4.74 Å². The fourth-order valence-corrected chi connectivity index (χ4v) is 1.53. The van der Waals surface area contributed by atoms with Crippen molar-refractivity contribution in [3.8, 4) is 0 Å². The first-order chi connectivity index (χ1) is 9.52. The van der Waals surface area contributed by atoms with Gasteiger partial charge >= 0.3 is 5.97 Å². The SMILES string of the molecule is CC=CC(=O)OC(C)C(=O)NCCc1ccc(F)cc1. The third-order valence-electron chi connectivity index (χ3n) is 2.59. The van der Waals surface area contributed by atoms with Crippen LogP contribution in [0.3, 0.4) is 0 Å². The lowest BCUT2D eigenvalue weighted by atomic mass is 10.1. The third kappa shape index (κ3) is 5.65. The van der Waals surface area contributed by atoms with E-state index < -0.39 is 12.1 Å². The summed E-state index contributed by atoms with van der Waals surface area (Å²) >= 11 is 0. The molecule has 4 nitrogen and oxygen atoms in total. The van der Waals surface area contributed by atoms with Crippen molar-refractivity contribution in [2.75, 3.05) is 6.54 Å². The van der Waals surface area contributed by atoms with E-state index in [0.29, 0.717) is 13.0 Å². The molecule has 0 aliphatic carbocycles. The monoisotopic (exact) mass is 279 g/mol. The Kier molecular flexibility index (Phi) is 6.43. The molecule has 0 bridgehead atoms. The van der Waals surface area contributed by atoms with E-state index in [1.807, 2.05) is 0 Å². The zero-order chi connectivity index (χ0) is 15.0. The minimum Gasteiger partial charge on any atom is -0.449 e. The molecular weight excluding hydrogens is 261 g/mol. The minimum absolute atomic E-state index is 0.290. The Hall–Kier alpha value is -2.17. The van der Waals surface area contributed by atoms with Crippen LogP contribution in [0.25, 0.3) is 0 Å². The van der Waals surface area contributed by atoms with Gasteiger partial charge in [-0.2, -0.15) is 0 Å². The summed E-state index contributed by atoms with van der Waals surface area (Å²) in [6.45, 7) is 3.60. The van der Waals surface area contributed by atoms with Crippen molar-refractivity contribution in [3.63, 3.8) is 0 Å². The Bertz CT molecular complexity index is 482. The fraction of sp³-hybridized carbons (Fsp3) is 0.333. The van der Waals surface area contributed by atoms with Gasteiger partial charge in [0.05, 0.1) is 0 Å². The third-order valence-corrected chi connectivity index (χ3v) is 2.59. The first kappa shape index (κ1) is 15.9. The first-order valence-corrected chi connectivity index (χ1v) is 6.38. The van der Waals surface area contributed by atoms with Gasteiger partial charge in [0.2, 0.25) is 0 Å². The molecule has 0 radical (unpaired) electrons. The molecule has 1 atom stereocenters. The van der Waals surface area contributed by atoms with Crippen LogP contribution in [0.2, 0.25) is 0 Å². The zero-order valence-corrected chi connectivity index (χ0v) is 11.6. The number of halogens is 1. The molecule has 0 aliphatic rings. The van der Waals surface area contributed by atoms with E-state index in [1.54, 1.807) is 25.1 Å². The van der Waals surface area contributed by atoms with Crippen LogP contribution in [-0.2, 0) is 20.7 Å². The van der Waals surface area contributed by atoms with Gasteiger partial charge in [-0.1, -0.05) is 18.2 Å². The maximum Gasteiger partial charge on any atom is 0.331 e. The van der Waals surface area contributed by atoms with Crippen molar-refractivity contribution in [1.82, 2.24) is 5.32 Å². The summed E-state index contributed by atoms with van der Waals surface area (Å²) < 4.78 is 17.6. The summed E-state index contributed by atoms with van der Waals surface area (Å²) in [4.78, 5) is 22.8. The molecule has 1 unspecified atom stereocenters. The van der Waals surface area contributed by atoms with Gasteiger partial charge in [0.1, 0.15) is 5.82 Å². The van der Waals surface area contributed by atoms with Crippen molar-refractivity contribution < 1.29 is 18.7 Å². The molecule has 1 aromatic carbocycles. The van der Waals surface area contributed by atoms with Gasteiger partial charge in [-0.05, 0) is 38.0 Å². The molecule has 108 valence electrons. The number of amides is 1. The number of carbonyl (C=O) groups is 2. The summed E-state index contributed by atoms with van der Waals surface area (Å²) in [6, 6.07) is 6.07. The molecule has 0 spiro atoms. The number of ether oxygens (including phenoxy) is 1. The van der Waals surface area contributed by atoms with Crippen LogP contribution in [0.5, 0.6) is 0 Å². The van der Waals surface area contributed by atoms with Crippen LogP contribution in [0, 0.1) is 5.82 Å². The lowest BCUT2D eigenvalue weighted by Gasteiger charge is -2.12. The number of benzene rings is 1. The van der Waals surface area contributed by atoms with Crippen LogP contribution in [-0.4, -0.2) is 24.5 Å². The highest BCUT2D eigenvalue weighted by molar-refractivity contribution is 5.87. The first-order valence-electron chi connectivity index (χ1n) is 6.38. The largest absolute Gasteiger partial charge is 0.449 e. The maximum absolute atomic E-state index is 12.7. The summed E-state index contributed by atoms with van der Waals surface area (Å²) in [7, 11) is 0. The van der Waals surface area contributed by atoms with Gasteiger partial charge in [0.25, 0.3) is 5.91 Å². The highest BCUT2D eigenvalue weighted by atomic mass is 19.1. The van der Waals surface area contributed by atoms with Gasteiger partial charge < -0.3 is 10.1 Å². The Balaban J connectivity index is 2.32. The molecule has 5 heteroatoms. The van der Waals surface area contributed by atoms with Crippen LogP contribution < -0.4 is 5.32 Å². The molecule has 1 amide bonds. The average Bonchev–Trinajstić information content (AvgIpc) is 2.41. The summed E-state index contributed by atoms with van der Waals surface area (Å²) in [6.07, 6.45) is 2.54. The number of hydrogen-bond acceptors (Lipinski definition) is 3. The maximum atomic E-state index is 12.7. The van der Waals surface area contributed by atoms with Crippen LogP contribution in [0.1, 0.15) is 19.4 Å². The Morgan fingerprint density at radius 3 is 2.60 bits per heavy atom. The molecule has 0 aromatic heterocycles. The lowest BCUT2D eigenvalue weighted by molar-refractivity contribution is -0.150. The summed E-state index contributed by atoms with van der Waals surface area (Å²) in [5.41, 5.74) is 0.922. The number of esters is 1. The van der Waals surface area contributed by atoms with Gasteiger partial charge in [-0.3, -0.25) is 4.79 Å². The number of hydrogen-bond donors (Lipinski definition) is 1. The smallest absolute Gasteiger partial charge is 0.331 e. The predicted molar refractivity (Wildman–Crippen MR) is 73.5 cm³/mol. The van der Waals surface area contributed by atoms with Crippen molar-refractivity contribution >= 4 is 11.9 Å². The lowest BCUT2D eigenvalue weighted by Crippen LogP contribution is -2.36. The molecular formula is C15H18FNO3. The minimum atomic E-state index is -0.841. The van der Waals surface area contributed by atoms with E-state index in [1.165, 1.54) is 25.1 Å². The second-order valence-corrected chi connectivity index (χ2v) is 4.25. The predicted octanol–water partition coefficient (Wildman–Crippen LogP) is 1.99. The number of nitrogens with one attached hydrogen (secondary N) is 1. The zero-order valence-electron chi connectivity index (χ0n) is 11.6. The molecule has 1 N–H and O–H groups in total. The van der Waals surface area contributed by atoms with Crippen LogP contribution in [0.15, 0.2) is 36.4 Å². The topological polar surface area (TPSA) is 55.4 Å². The Morgan fingerprint density at radius 2 is 2.00 bits per heavy atom. The molecule has 0 saturated heterocycles. The molecule has 0 aliphatic heterocycles. The molecule has 1 aromatic rings. The fourth-order valence-electron chi connectivity index (χ4n) is 1.53. The van der Waals surface area contributed by atoms with Gasteiger partial charge in [0, 0.05) is 12.6 Å². The Labute approximate surface area is 117 Å². The molecule has 0 fully saturated rings. The molecule has 0 saturated carbocycles. The van der Waals surface area contributed by atoms with Gasteiger partial charge in [-0.15, -0.1) is 0 Å². The normalized spacial score (nSPS) is 12.2. The van der Waals surface area contributed by atoms with Crippen molar-refractivity contribution in [3.05, 3.63) is 47.8 Å². The highest BCUT2D eigenvalue weighted by Crippen LogP contribution is 2.03. The number of carbonyl (C=O) groups excluding carboxylic acids is 2. The molecule has 20 heavy (non-hydrogen) atoms. The van der Waals surface area contributed by atoms with Crippen molar-refractivity contribution in [1.29, 1.82) is 0 Å². The van der Waals surface area contributed by atoms with E-state index in [-0.39, 0.29) is 11.7 Å². The highest BCUT2D eigenvalue weighted by Gasteiger charge is 2.15. The van der Waals surface area contributed by atoms with E-state index in [2.05, 4.69) is 5.32 Å². The van der Waals surface area contributed by atoms with E-state index in [9.17, 15) is 14.0 Å². The standard InChI is InChI=1S/C15H18FNO3/c1-3-4-14(18)20-11(2)15(19)17-10-9-12-5-7-13(16)8-6-12/h3-8,11H,9-10H2,1-2H3,(H,17,19). The second-order valence-electron chi connectivity index (χ2n) is 4.25. The van der Waals surface area contributed by atoms with Gasteiger partial charge in [-0.25, -0.2) is 9.18 Å². The van der Waals surface area contributed by atoms with Crippen molar-refractivity contribution in [2.24, 2.45) is 0 Å². The molecule has 1 rings (SSSR count). The van der Waals surface area contributed by atoms with Crippen LogP contribution >= 0.6 is 0 Å². The van der Waals surface area contributed by atoms with Crippen molar-refractivity contribution in [2.45, 2.75) is 26.4 Å². The quantitative estimate of drug-likeness (QED) is 0.640. The van der Waals surface area contributed by atoms with Gasteiger partial charge in [0.15, 0.2) is 6.10 Å². The Morgan fingerprint density at radius 1 is 1.35 bits per heavy atom.